The van der Waals surface area contributed by atoms with E-state index in [0.29, 0.717) is 13.1 Å². The first-order valence-electron chi connectivity index (χ1n) is 7.11. The van der Waals surface area contributed by atoms with Crippen LogP contribution in [0.2, 0.25) is 0 Å². The van der Waals surface area contributed by atoms with Crippen LogP contribution in [-0.2, 0) is 11.3 Å². The summed E-state index contributed by atoms with van der Waals surface area (Å²) < 4.78 is 36.8. The minimum atomic E-state index is -4.34. The van der Waals surface area contributed by atoms with Crippen molar-refractivity contribution in [2.75, 3.05) is 46.3 Å². The number of alkyl halides is 3. The molecule has 1 amide bonds. The molecule has 0 saturated carbocycles. The van der Waals surface area contributed by atoms with Crippen molar-refractivity contribution in [3.63, 3.8) is 0 Å². The van der Waals surface area contributed by atoms with Crippen LogP contribution in [0.5, 0.6) is 0 Å². The summed E-state index contributed by atoms with van der Waals surface area (Å²) in [4.78, 5) is 18.1. The van der Waals surface area contributed by atoms with E-state index in [1.807, 2.05) is 16.3 Å². The molecule has 1 aromatic rings. The fraction of sp³-hybridized carbons (Fsp3) is 0.643. The van der Waals surface area contributed by atoms with Gasteiger partial charge in [-0.2, -0.15) is 13.2 Å². The molecule has 0 N–H and O–H groups in total. The number of carbonyl (C=O) groups excluding carboxylic acids is 1. The lowest BCUT2D eigenvalue weighted by Gasteiger charge is -2.34. The Kier molecular flexibility index (Phi) is 5.82. The fourth-order valence-electron chi connectivity index (χ4n) is 2.40. The molecule has 124 valence electrons. The van der Waals surface area contributed by atoms with Crippen LogP contribution >= 0.6 is 11.3 Å². The molecule has 22 heavy (non-hydrogen) atoms. The Morgan fingerprint density at radius 3 is 2.45 bits per heavy atom. The quantitative estimate of drug-likeness (QED) is 0.822. The number of nitrogens with zero attached hydrogens (tertiary/aromatic N) is 3. The molecule has 2 rings (SSSR count). The second-order valence-corrected chi connectivity index (χ2v) is 6.53. The normalized spacial score (nSPS) is 17.6. The third-order valence-corrected chi connectivity index (χ3v) is 4.49. The van der Waals surface area contributed by atoms with Gasteiger partial charge in [-0.3, -0.25) is 14.6 Å². The molecule has 0 unspecified atom stereocenters. The van der Waals surface area contributed by atoms with E-state index in [9.17, 15) is 18.0 Å². The summed E-state index contributed by atoms with van der Waals surface area (Å²) >= 11 is 1.71. The molecular formula is C14H20F3N3OS. The van der Waals surface area contributed by atoms with Crippen molar-refractivity contribution in [3.05, 3.63) is 22.4 Å². The first kappa shape index (κ1) is 17.2. The highest BCUT2D eigenvalue weighted by Crippen LogP contribution is 2.16. The minimum Gasteiger partial charge on any atom is -0.336 e. The smallest absolute Gasteiger partial charge is 0.336 e. The molecule has 0 atom stereocenters. The van der Waals surface area contributed by atoms with Gasteiger partial charge in [0.05, 0.1) is 6.54 Å². The summed E-state index contributed by atoms with van der Waals surface area (Å²) in [6.07, 6.45) is -4.34. The Labute approximate surface area is 132 Å². The monoisotopic (exact) mass is 335 g/mol. The molecule has 1 fully saturated rings. The maximum atomic E-state index is 12.3. The van der Waals surface area contributed by atoms with Crippen LogP contribution in [0, 0.1) is 0 Å². The second kappa shape index (κ2) is 7.43. The predicted octanol–water partition coefficient (Wildman–Crippen LogP) is 1.89. The van der Waals surface area contributed by atoms with Crippen LogP contribution in [0.3, 0.4) is 0 Å². The van der Waals surface area contributed by atoms with Crippen molar-refractivity contribution >= 4 is 17.2 Å². The van der Waals surface area contributed by atoms with Crippen LogP contribution in [0.1, 0.15) is 4.88 Å². The van der Waals surface area contributed by atoms with E-state index >= 15 is 0 Å². The Bertz CT molecular complexity index is 470. The molecule has 2 heterocycles. The topological polar surface area (TPSA) is 26.8 Å². The Balaban J connectivity index is 1.71. The number of hydrogen-bond acceptors (Lipinski definition) is 4. The van der Waals surface area contributed by atoms with Gasteiger partial charge in [-0.15, -0.1) is 11.3 Å². The third kappa shape index (κ3) is 5.58. The number of hydrogen-bond donors (Lipinski definition) is 0. The first-order valence-corrected chi connectivity index (χ1v) is 7.99. The summed E-state index contributed by atoms with van der Waals surface area (Å²) in [5.74, 6) is -0.482. The third-order valence-electron chi connectivity index (χ3n) is 3.63. The maximum Gasteiger partial charge on any atom is 0.406 e. The zero-order valence-electron chi connectivity index (χ0n) is 12.5. The van der Waals surface area contributed by atoms with Gasteiger partial charge in [0.2, 0.25) is 5.91 Å². The molecule has 1 aliphatic heterocycles. The van der Waals surface area contributed by atoms with Crippen molar-refractivity contribution in [3.8, 4) is 0 Å². The van der Waals surface area contributed by atoms with Gasteiger partial charge in [0, 0.05) is 44.6 Å². The van der Waals surface area contributed by atoms with Gasteiger partial charge in [-0.25, -0.2) is 0 Å². The van der Waals surface area contributed by atoms with E-state index in [0.717, 1.165) is 24.5 Å². The van der Waals surface area contributed by atoms with Crippen LogP contribution in [0.4, 0.5) is 13.2 Å². The largest absolute Gasteiger partial charge is 0.406 e. The molecular weight excluding hydrogens is 315 g/mol. The van der Waals surface area contributed by atoms with Crippen molar-refractivity contribution in [1.82, 2.24) is 14.7 Å². The Morgan fingerprint density at radius 2 is 1.91 bits per heavy atom. The van der Waals surface area contributed by atoms with E-state index in [2.05, 4.69) is 11.0 Å². The summed E-state index contributed by atoms with van der Waals surface area (Å²) in [7, 11) is 1.20. The standard InChI is InChI=1S/C14H20F3N3OS/c1-18(11-14(15,16)17)13(21)10-20-6-4-19(5-7-20)9-12-3-2-8-22-12/h2-3,8H,4-7,9-11H2,1H3. The number of piperazine rings is 1. The van der Waals surface area contributed by atoms with E-state index in [1.165, 1.54) is 11.9 Å². The molecule has 8 heteroatoms. The van der Waals surface area contributed by atoms with Gasteiger partial charge >= 0.3 is 6.18 Å². The van der Waals surface area contributed by atoms with Crippen LogP contribution in [0.15, 0.2) is 17.5 Å². The molecule has 4 nitrogen and oxygen atoms in total. The highest BCUT2D eigenvalue weighted by molar-refractivity contribution is 7.09. The zero-order valence-corrected chi connectivity index (χ0v) is 13.3. The average Bonchev–Trinajstić information content (AvgIpc) is 2.92. The average molecular weight is 335 g/mol. The lowest BCUT2D eigenvalue weighted by Crippen LogP contribution is -2.50. The van der Waals surface area contributed by atoms with Gasteiger partial charge in [0.15, 0.2) is 0 Å². The van der Waals surface area contributed by atoms with Gasteiger partial charge in [0.1, 0.15) is 6.54 Å². The van der Waals surface area contributed by atoms with Gasteiger partial charge in [-0.05, 0) is 11.4 Å². The van der Waals surface area contributed by atoms with E-state index < -0.39 is 18.6 Å². The molecule has 1 saturated heterocycles. The summed E-state index contributed by atoms with van der Waals surface area (Å²) in [5.41, 5.74) is 0. The number of halogens is 3. The molecule has 0 bridgehead atoms. The second-order valence-electron chi connectivity index (χ2n) is 5.50. The number of thiophene rings is 1. The van der Waals surface area contributed by atoms with Crippen LogP contribution in [-0.4, -0.2) is 73.1 Å². The first-order chi connectivity index (χ1) is 10.3. The predicted molar refractivity (Wildman–Crippen MR) is 79.7 cm³/mol. The van der Waals surface area contributed by atoms with E-state index in [4.69, 9.17) is 0 Å². The van der Waals surface area contributed by atoms with Crippen LogP contribution in [0.25, 0.3) is 0 Å². The van der Waals surface area contributed by atoms with E-state index in [-0.39, 0.29) is 6.54 Å². The number of rotatable bonds is 5. The molecule has 1 aliphatic rings. The molecule has 0 aromatic carbocycles. The van der Waals surface area contributed by atoms with Crippen molar-refractivity contribution < 1.29 is 18.0 Å². The van der Waals surface area contributed by atoms with Gasteiger partial charge in [-0.1, -0.05) is 6.07 Å². The number of likely N-dealkylation sites (N-methyl/N-ethyl adjacent to an activating group) is 1. The number of amides is 1. The summed E-state index contributed by atoms with van der Waals surface area (Å²) in [6, 6.07) is 4.11. The SMILES string of the molecule is CN(CC(F)(F)F)C(=O)CN1CCN(Cc2cccs2)CC1. The summed E-state index contributed by atoms with van der Waals surface area (Å²) in [5, 5.41) is 2.04. The van der Waals surface area contributed by atoms with Crippen molar-refractivity contribution in [1.29, 1.82) is 0 Å². The molecule has 0 aliphatic carbocycles. The lowest BCUT2D eigenvalue weighted by molar-refractivity contribution is -0.159. The maximum absolute atomic E-state index is 12.3. The molecule has 0 spiro atoms. The molecule has 1 aromatic heterocycles. The fourth-order valence-corrected chi connectivity index (χ4v) is 3.14. The molecule has 0 radical (unpaired) electrons. The van der Waals surface area contributed by atoms with Gasteiger partial charge < -0.3 is 4.90 Å². The summed E-state index contributed by atoms with van der Waals surface area (Å²) in [6.45, 7) is 2.83. The highest BCUT2D eigenvalue weighted by Gasteiger charge is 2.31. The highest BCUT2D eigenvalue weighted by atomic mass is 32.1. The van der Waals surface area contributed by atoms with Crippen molar-refractivity contribution in [2.45, 2.75) is 12.7 Å². The van der Waals surface area contributed by atoms with E-state index in [1.54, 1.807) is 11.3 Å². The Morgan fingerprint density at radius 1 is 1.27 bits per heavy atom. The Hall–Kier alpha value is -1.12. The van der Waals surface area contributed by atoms with Gasteiger partial charge in [0.25, 0.3) is 0 Å². The van der Waals surface area contributed by atoms with Crippen LogP contribution < -0.4 is 0 Å². The zero-order chi connectivity index (χ0) is 16.2. The number of carbonyl (C=O) groups is 1. The lowest BCUT2D eigenvalue weighted by atomic mass is 10.3. The minimum absolute atomic E-state index is 0.0550. The van der Waals surface area contributed by atoms with Crippen molar-refractivity contribution in [2.24, 2.45) is 0 Å².